The summed E-state index contributed by atoms with van der Waals surface area (Å²) in [6, 6.07) is 14.7. The number of guanidine groups is 2. The lowest BCUT2D eigenvalue weighted by Crippen LogP contribution is -2.57. The second-order valence-corrected chi connectivity index (χ2v) is 12.8. The molecule has 3 aromatic carbocycles. The van der Waals surface area contributed by atoms with Gasteiger partial charge in [-0.1, -0.05) is 42.5 Å². The first-order valence-electron chi connectivity index (χ1n) is 18.0. The van der Waals surface area contributed by atoms with Crippen LogP contribution in [-0.2, 0) is 20.8 Å². The van der Waals surface area contributed by atoms with Crippen molar-refractivity contribution in [2.45, 2.75) is 50.2 Å². The summed E-state index contributed by atoms with van der Waals surface area (Å²) in [6.45, 7) is 0.116. The van der Waals surface area contributed by atoms with E-state index in [0.717, 1.165) is 12.1 Å². The number of anilines is 2. The van der Waals surface area contributed by atoms with Gasteiger partial charge in [-0.2, -0.15) is 0 Å². The van der Waals surface area contributed by atoms with E-state index in [-0.39, 0.29) is 87.1 Å². The highest BCUT2D eigenvalue weighted by Gasteiger charge is 2.30. The van der Waals surface area contributed by atoms with E-state index >= 15 is 0 Å². The van der Waals surface area contributed by atoms with Gasteiger partial charge in [0.2, 0.25) is 17.7 Å². The van der Waals surface area contributed by atoms with Crippen LogP contribution in [0.25, 0.3) is 0 Å². The average Bonchev–Trinajstić information content (AvgIpc) is 3.18. The summed E-state index contributed by atoms with van der Waals surface area (Å²) in [6.07, 6.45) is 0.606. The van der Waals surface area contributed by atoms with Crippen LogP contribution in [0.15, 0.2) is 82.8 Å². The highest BCUT2D eigenvalue weighted by Crippen LogP contribution is 2.28. The fourth-order valence-electron chi connectivity index (χ4n) is 5.53. The van der Waals surface area contributed by atoms with Gasteiger partial charge in [0.25, 0.3) is 17.3 Å². The molecule has 3 aromatic rings. The molecule has 0 fully saturated rings. The zero-order chi connectivity index (χ0) is 42.6. The summed E-state index contributed by atoms with van der Waals surface area (Å²) in [5, 5.41) is 36.1. The third-order valence-corrected chi connectivity index (χ3v) is 8.39. The molecule has 22 nitrogen and oxygen atoms in total. The van der Waals surface area contributed by atoms with Crippen LogP contribution in [0.1, 0.15) is 41.6 Å². The number of hydrogen-bond donors (Lipinski definition) is 10. The van der Waals surface area contributed by atoms with E-state index in [9.17, 15) is 39.4 Å². The number of nitrogens with zero attached hydrogens (tertiary/aromatic N) is 4. The molecule has 3 rings (SSSR count). The maximum Gasteiger partial charge on any atom is 0.299 e. The zero-order valence-corrected chi connectivity index (χ0v) is 31.5. The molecule has 0 saturated heterocycles. The van der Waals surface area contributed by atoms with Crippen LogP contribution in [0.3, 0.4) is 0 Å². The summed E-state index contributed by atoms with van der Waals surface area (Å²) >= 11 is 0. The van der Waals surface area contributed by atoms with Crippen LogP contribution in [0, 0.1) is 20.2 Å². The van der Waals surface area contributed by atoms with E-state index in [2.05, 4.69) is 36.6 Å². The highest BCUT2D eigenvalue weighted by molar-refractivity contribution is 6.02. The molecule has 58 heavy (non-hydrogen) atoms. The molecule has 3 atom stereocenters. The van der Waals surface area contributed by atoms with Crippen LogP contribution >= 0.6 is 0 Å². The fourth-order valence-corrected chi connectivity index (χ4v) is 5.53. The maximum absolute atomic E-state index is 14.0. The van der Waals surface area contributed by atoms with Crippen molar-refractivity contribution in [3.63, 3.8) is 0 Å². The Morgan fingerprint density at radius 1 is 0.672 bits per heavy atom. The average molecular weight is 805 g/mol. The van der Waals surface area contributed by atoms with Crippen molar-refractivity contribution >= 4 is 58.3 Å². The number of aliphatic imine (C=N–C) groups is 2. The molecule has 0 radical (unpaired) electrons. The summed E-state index contributed by atoms with van der Waals surface area (Å²) < 4.78 is 0. The number of nitrogen functional groups attached to an aromatic ring is 1. The molecule has 0 aliphatic heterocycles. The quantitative estimate of drug-likeness (QED) is 0.0147. The summed E-state index contributed by atoms with van der Waals surface area (Å²) in [7, 11) is 0. The van der Waals surface area contributed by atoms with Crippen LogP contribution < -0.4 is 55.3 Å². The van der Waals surface area contributed by atoms with E-state index < -0.39 is 63.0 Å². The van der Waals surface area contributed by atoms with Crippen molar-refractivity contribution in [3.8, 4) is 0 Å². The number of amides is 4. The monoisotopic (exact) mass is 804 g/mol. The topological polar surface area (TPSA) is 370 Å². The lowest BCUT2D eigenvalue weighted by atomic mass is 10.0. The first-order chi connectivity index (χ1) is 27.7. The number of nitro groups is 2. The molecule has 0 bridgehead atoms. The van der Waals surface area contributed by atoms with Gasteiger partial charge in [0.1, 0.15) is 23.8 Å². The molecule has 0 saturated carbocycles. The number of carbonyl (C=O) groups is 4. The van der Waals surface area contributed by atoms with Crippen molar-refractivity contribution in [1.29, 1.82) is 0 Å². The number of rotatable bonds is 23. The number of nitrogens with one attached hydrogen (secondary N) is 5. The molecule has 22 heteroatoms. The van der Waals surface area contributed by atoms with Gasteiger partial charge in [-0.25, -0.2) is 0 Å². The third-order valence-electron chi connectivity index (χ3n) is 8.39. The Morgan fingerprint density at radius 3 is 1.81 bits per heavy atom. The third kappa shape index (κ3) is 15.0. The summed E-state index contributed by atoms with van der Waals surface area (Å²) in [4.78, 5) is 83.6. The first-order valence-corrected chi connectivity index (χ1v) is 18.0. The number of non-ortho nitro benzene ring substituents is 1. The van der Waals surface area contributed by atoms with Crippen molar-refractivity contribution in [3.05, 3.63) is 104 Å². The Labute approximate surface area is 332 Å². The molecule has 0 aromatic heterocycles. The van der Waals surface area contributed by atoms with Gasteiger partial charge in [-0.15, -0.1) is 0 Å². The van der Waals surface area contributed by atoms with Gasteiger partial charge in [-0.3, -0.25) is 49.4 Å². The van der Waals surface area contributed by atoms with Gasteiger partial charge >= 0.3 is 0 Å². The number of nitro benzene ring substituents is 2. The number of nitrogens with two attached hydrogens (primary N) is 5. The molecule has 0 heterocycles. The molecule has 310 valence electrons. The van der Waals surface area contributed by atoms with Gasteiger partial charge in [0.05, 0.1) is 21.5 Å². The smallest absolute Gasteiger partial charge is 0.299 e. The van der Waals surface area contributed by atoms with Gasteiger partial charge in [0.15, 0.2) is 11.9 Å². The lowest BCUT2D eigenvalue weighted by Gasteiger charge is -2.25. The van der Waals surface area contributed by atoms with Crippen molar-refractivity contribution in [2.75, 3.05) is 37.2 Å². The second-order valence-electron chi connectivity index (χ2n) is 12.8. The van der Waals surface area contributed by atoms with E-state index in [0.29, 0.717) is 5.56 Å². The van der Waals surface area contributed by atoms with Crippen LogP contribution in [0.4, 0.5) is 22.7 Å². The van der Waals surface area contributed by atoms with Crippen molar-refractivity contribution < 1.29 is 29.0 Å². The number of carbonyl (C=O) groups excluding carboxylic acids is 4. The normalized spacial score (nSPS) is 12.1. The number of benzene rings is 3. The number of para-hydroxylation sites is 1. The second kappa shape index (κ2) is 22.8. The minimum atomic E-state index is -1.24. The fraction of sp³-hybridized carbons (Fsp3) is 0.333. The Balaban J connectivity index is 1.81. The molecule has 3 unspecified atom stereocenters. The van der Waals surface area contributed by atoms with Crippen molar-refractivity contribution in [2.24, 2.45) is 32.9 Å². The Bertz CT molecular complexity index is 1970. The standard InChI is InChI=1S/C36H48N14O8/c37-25-11-5-4-10-24(25)31(51)48-29(20-22-8-2-1-3-9-22)34(54)47-28(13-7-17-45-36(40)41)33(53)46-27(12-6-16-44-35(38)39)32(52)43-19-18-42-26-15-14-23(49(55)56)21-30(26)50(57)58/h1-5,8-11,14-15,21,27-29,42H,6-7,12-13,16-20,37H2,(H,43,52)(H,46,53)(H,47,54)(H,48,51)(H4,38,39,44)(H4,40,41,45). The summed E-state index contributed by atoms with van der Waals surface area (Å²) in [5.74, 6) is -3.04. The minimum absolute atomic E-state index is 0.0137. The molecule has 0 aliphatic rings. The predicted octanol–water partition coefficient (Wildman–Crippen LogP) is -0.269. The SMILES string of the molecule is NC(N)=NCCCC(NC(=O)C(CCCN=C(N)N)NC(=O)C(Cc1ccccc1)NC(=O)c1ccccc1N)C(=O)NCCNc1ccc([N+](=O)[O-])cc1[N+](=O)[O-]. The molecule has 4 amide bonds. The molecule has 0 aliphatic carbocycles. The van der Waals surface area contributed by atoms with Crippen LogP contribution in [0.5, 0.6) is 0 Å². The first kappa shape index (κ1) is 44.9. The largest absolute Gasteiger partial charge is 0.398 e. The number of hydrogen-bond acceptors (Lipinski definition) is 12. The van der Waals surface area contributed by atoms with Gasteiger partial charge in [0, 0.05) is 44.4 Å². The molecular formula is C36H48N14O8. The molecule has 15 N–H and O–H groups in total. The van der Waals surface area contributed by atoms with Crippen LogP contribution in [-0.4, -0.2) is 89.7 Å². The Kier molecular flexibility index (Phi) is 17.6. The predicted molar refractivity (Wildman–Crippen MR) is 217 cm³/mol. The van der Waals surface area contributed by atoms with Gasteiger partial charge < -0.3 is 55.3 Å². The summed E-state index contributed by atoms with van der Waals surface area (Å²) in [5.41, 5.74) is 27.9. The van der Waals surface area contributed by atoms with E-state index in [1.165, 1.54) is 12.1 Å². The Hall–Kier alpha value is -7.52. The van der Waals surface area contributed by atoms with E-state index in [1.54, 1.807) is 48.5 Å². The highest BCUT2D eigenvalue weighted by atomic mass is 16.6. The van der Waals surface area contributed by atoms with E-state index in [1.807, 2.05) is 0 Å². The molecular weight excluding hydrogens is 756 g/mol. The minimum Gasteiger partial charge on any atom is -0.398 e. The van der Waals surface area contributed by atoms with E-state index in [4.69, 9.17) is 28.7 Å². The van der Waals surface area contributed by atoms with Gasteiger partial charge in [-0.05, 0) is 49.4 Å². The Morgan fingerprint density at radius 2 is 1.24 bits per heavy atom. The maximum atomic E-state index is 14.0. The van der Waals surface area contributed by atoms with Crippen molar-refractivity contribution in [1.82, 2.24) is 21.3 Å². The van der Waals surface area contributed by atoms with Crippen LogP contribution in [0.2, 0.25) is 0 Å². The lowest BCUT2D eigenvalue weighted by molar-refractivity contribution is -0.393. The molecule has 0 spiro atoms. The zero-order valence-electron chi connectivity index (χ0n) is 31.5.